The minimum atomic E-state index is -0.518. The van der Waals surface area contributed by atoms with Crippen molar-refractivity contribution >= 4 is 5.78 Å². The maximum atomic E-state index is 12.2. The molecule has 1 aromatic heterocycles. The van der Waals surface area contributed by atoms with Crippen LogP contribution in [0.25, 0.3) is 0 Å². The average molecular weight is 219 g/mol. The first-order valence-electron chi connectivity index (χ1n) is 5.74. The lowest BCUT2D eigenvalue weighted by Crippen LogP contribution is -2.38. The van der Waals surface area contributed by atoms with Crippen LogP contribution in [0.4, 0.5) is 0 Å². The van der Waals surface area contributed by atoms with Crippen molar-refractivity contribution in [3.05, 3.63) is 30.1 Å². The molecule has 0 unspecified atom stereocenters. The van der Waals surface area contributed by atoms with E-state index in [1.54, 1.807) is 19.5 Å². The molecule has 0 aliphatic heterocycles. The first-order valence-corrected chi connectivity index (χ1v) is 5.74. The molecule has 3 heteroatoms. The van der Waals surface area contributed by atoms with Gasteiger partial charge < -0.3 is 4.74 Å². The van der Waals surface area contributed by atoms with Crippen molar-refractivity contribution in [1.29, 1.82) is 0 Å². The molecule has 0 bridgehead atoms. The number of carbonyl (C=O) groups is 1. The topological polar surface area (TPSA) is 39.2 Å². The summed E-state index contributed by atoms with van der Waals surface area (Å²) >= 11 is 0. The molecule has 0 aromatic carbocycles. The van der Waals surface area contributed by atoms with Gasteiger partial charge in [0.25, 0.3) is 0 Å². The fourth-order valence-electron chi connectivity index (χ4n) is 2.39. The summed E-state index contributed by atoms with van der Waals surface area (Å²) < 4.78 is 5.46. The molecule has 1 heterocycles. The molecule has 1 saturated carbocycles. The Labute approximate surface area is 95.8 Å². The normalized spacial score (nSPS) is 18.6. The van der Waals surface area contributed by atoms with Gasteiger partial charge in [0.15, 0.2) is 5.78 Å². The van der Waals surface area contributed by atoms with Crippen LogP contribution in [0.3, 0.4) is 0 Å². The molecular weight excluding hydrogens is 202 g/mol. The zero-order valence-corrected chi connectivity index (χ0v) is 9.61. The highest BCUT2D eigenvalue weighted by Crippen LogP contribution is 2.34. The van der Waals surface area contributed by atoms with E-state index in [9.17, 15) is 4.79 Å². The van der Waals surface area contributed by atoms with Crippen LogP contribution < -0.4 is 0 Å². The molecular formula is C13H17NO2. The van der Waals surface area contributed by atoms with Crippen molar-refractivity contribution in [2.24, 2.45) is 0 Å². The Morgan fingerprint density at radius 3 is 2.81 bits per heavy atom. The number of carbonyl (C=O) groups excluding carboxylic acids is 1. The van der Waals surface area contributed by atoms with Gasteiger partial charge in [0, 0.05) is 25.9 Å². The quantitative estimate of drug-likeness (QED) is 0.779. The molecule has 1 aromatic rings. The predicted octanol–water partition coefficient (Wildman–Crippen LogP) is 2.15. The zero-order chi connectivity index (χ0) is 11.4. The molecule has 1 aliphatic carbocycles. The minimum absolute atomic E-state index is 0.195. The highest BCUT2D eigenvalue weighted by Gasteiger charge is 2.40. The smallest absolute Gasteiger partial charge is 0.169 e. The maximum Gasteiger partial charge on any atom is 0.169 e. The van der Waals surface area contributed by atoms with Gasteiger partial charge in [-0.1, -0.05) is 6.07 Å². The fourth-order valence-corrected chi connectivity index (χ4v) is 2.39. The number of aromatic nitrogens is 1. The van der Waals surface area contributed by atoms with Crippen LogP contribution in [0.5, 0.6) is 0 Å². The van der Waals surface area contributed by atoms with Gasteiger partial charge in [-0.15, -0.1) is 0 Å². The second kappa shape index (κ2) is 4.74. The number of rotatable bonds is 4. The number of ether oxygens (including phenoxy) is 1. The van der Waals surface area contributed by atoms with E-state index in [2.05, 4.69) is 4.98 Å². The molecule has 86 valence electrons. The number of hydrogen-bond acceptors (Lipinski definition) is 3. The lowest BCUT2D eigenvalue weighted by Gasteiger charge is -2.25. The van der Waals surface area contributed by atoms with Crippen molar-refractivity contribution in [3.63, 3.8) is 0 Å². The molecule has 1 fully saturated rings. The molecule has 16 heavy (non-hydrogen) atoms. The number of methoxy groups -OCH3 is 1. The summed E-state index contributed by atoms with van der Waals surface area (Å²) in [7, 11) is 1.65. The van der Waals surface area contributed by atoms with Gasteiger partial charge in [0.05, 0.1) is 0 Å². The second-order valence-corrected chi connectivity index (χ2v) is 4.37. The second-order valence-electron chi connectivity index (χ2n) is 4.37. The number of ketones is 1. The van der Waals surface area contributed by atoms with Crippen LogP contribution in [0.1, 0.15) is 31.2 Å². The van der Waals surface area contributed by atoms with Gasteiger partial charge in [0.1, 0.15) is 5.60 Å². The summed E-state index contributed by atoms with van der Waals surface area (Å²) in [5.74, 6) is 0.195. The molecule has 0 radical (unpaired) electrons. The van der Waals surface area contributed by atoms with Gasteiger partial charge in [0.2, 0.25) is 0 Å². The average Bonchev–Trinajstić information content (AvgIpc) is 2.80. The lowest BCUT2D eigenvalue weighted by atomic mass is 9.92. The summed E-state index contributed by atoms with van der Waals surface area (Å²) in [5, 5.41) is 0. The Hall–Kier alpha value is -1.22. The molecule has 0 N–H and O–H groups in total. The van der Waals surface area contributed by atoms with Gasteiger partial charge in [-0.25, -0.2) is 0 Å². The largest absolute Gasteiger partial charge is 0.370 e. The van der Waals surface area contributed by atoms with Gasteiger partial charge in [-0.3, -0.25) is 9.78 Å². The van der Waals surface area contributed by atoms with Gasteiger partial charge in [-0.2, -0.15) is 0 Å². The third-order valence-electron chi connectivity index (χ3n) is 3.40. The van der Waals surface area contributed by atoms with Crippen LogP contribution in [0.15, 0.2) is 24.5 Å². The Bertz CT molecular complexity index is 355. The van der Waals surface area contributed by atoms with Crippen molar-refractivity contribution in [3.8, 4) is 0 Å². The van der Waals surface area contributed by atoms with Crippen molar-refractivity contribution in [1.82, 2.24) is 4.98 Å². The highest BCUT2D eigenvalue weighted by atomic mass is 16.5. The molecule has 0 amide bonds. The van der Waals surface area contributed by atoms with Crippen molar-refractivity contribution < 1.29 is 9.53 Å². The maximum absolute atomic E-state index is 12.2. The minimum Gasteiger partial charge on any atom is -0.370 e. The Morgan fingerprint density at radius 1 is 1.50 bits per heavy atom. The van der Waals surface area contributed by atoms with E-state index < -0.39 is 5.60 Å². The number of nitrogens with zero attached hydrogens (tertiary/aromatic N) is 1. The van der Waals surface area contributed by atoms with E-state index in [0.717, 1.165) is 31.2 Å². The summed E-state index contributed by atoms with van der Waals surface area (Å²) in [4.78, 5) is 16.2. The summed E-state index contributed by atoms with van der Waals surface area (Å²) in [6.07, 6.45) is 7.80. The predicted molar refractivity (Wildman–Crippen MR) is 61.2 cm³/mol. The monoisotopic (exact) mass is 219 g/mol. The Morgan fingerprint density at radius 2 is 2.25 bits per heavy atom. The molecule has 3 nitrogen and oxygen atoms in total. The van der Waals surface area contributed by atoms with E-state index >= 15 is 0 Å². The summed E-state index contributed by atoms with van der Waals surface area (Å²) in [6, 6.07) is 3.79. The van der Waals surface area contributed by atoms with Gasteiger partial charge >= 0.3 is 0 Å². The van der Waals surface area contributed by atoms with Crippen LogP contribution in [-0.2, 0) is 16.0 Å². The fraction of sp³-hybridized carbons (Fsp3) is 0.538. The van der Waals surface area contributed by atoms with Crippen molar-refractivity contribution in [2.45, 2.75) is 37.7 Å². The summed E-state index contributed by atoms with van der Waals surface area (Å²) in [5.41, 5.74) is 0.450. The third kappa shape index (κ3) is 2.14. The van der Waals surface area contributed by atoms with Crippen molar-refractivity contribution in [2.75, 3.05) is 7.11 Å². The third-order valence-corrected chi connectivity index (χ3v) is 3.40. The lowest BCUT2D eigenvalue weighted by molar-refractivity contribution is -0.139. The van der Waals surface area contributed by atoms with E-state index in [-0.39, 0.29) is 5.78 Å². The number of pyridine rings is 1. The zero-order valence-electron chi connectivity index (χ0n) is 9.61. The first kappa shape index (κ1) is 11.3. The van der Waals surface area contributed by atoms with E-state index in [1.807, 2.05) is 12.1 Å². The first-order chi connectivity index (χ1) is 7.77. The number of hydrogen-bond donors (Lipinski definition) is 0. The number of Topliss-reactive ketones (excluding diaryl/α,β-unsaturated/α-hetero) is 1. The molecule has 0 spiro atoms. The van der Waals surface area contributed by atoms with E-state index in [1.165, 1.54) is 0 Å². The van der Waals surface area contributed by atoms with Crippen LogP contribution in [-0.4, -0.2) is 23.5 Å². The van der Waals surface area contributed by atoms with Crippen LogP contribution in [0.2, 0.25) is 0 Å². The van der Waals surface area contributed by atoms with Crippen LogP contribution in [0, 0.1) is 0 Å². The Kier molecular flexibility index (Phi) is 3.34. The van der Waals surface area contributed by atoms with E-state index in [4.69, 9.17) is 4.74 Å². The van der Waals surface area contributed by atoms with E-state index in [0.29, 0.717) is 6.42 Å². The molecule has 0 saturated heterocycles. The van der Waals surface area contributed by atoms with Crippen LogP contribution >= 0.6 is 0 Å². The summed E-state index contributed by atoms with van der Waals surface area (Å²) in [6.45, 7) is 0. The standard InChI is InChI=1S/C13H17NO2/c1-16-13(6-2-3-7-13)12(15)9-11-5-4-8-14-10-11/h4-5,8,10H,2-3,6-7,9H2,1H3. The van der Waals surface area contributed by atoms with Gasteiger partial charge in [-0.05, 0) is 37.3 Å². The molecule has 2 rings (SSSR count). The SMILES string of the molecule is COC1(C(=O)Cc2cccnc2)CCCC1. The highest BCUT2D eigenvalue weighted by molar-refractivity contribution is 5.89. The molecule has 0 atom stereocenters. The molecule has 1 aliphatic rings. The Balaban J connectivity index is 2.07.